The van der Waals surface area contributed by atoms with E-state index < -0.39 is 11.2 Å². The Morgan fingerprint density at radius 1 is 1.36 bits per heavy atom. The molecule has 1 atom stereocenters. The predicted molar refractivity (Wildman–Crippen MR) is 82.1 cm³/mol. The molecule has 0 spiro atoms. The third kappa shape index (κ3) is 3.29. The van der Waals surface area contributed by atoms with Gasteiger partial charge < -0.3 is 15.1 Å². The van der Waals surface area contributed by atoms with Crippen molar-refractivity contribution in [3.63, 3.8) is 0 Å². The van der Waals surface area contributed by atoms with Gasteiger partial charge in [0.1, 0.15) is 5.82 Å². The van der Waals surface area contributed by atoms with E-state index in [-0.39, 0.29) is 25.2 Å². The largest absolute Gasteiger partial charge is 0.396 e. The molecule has 1 aliphatic heterocycles. The lowest BCUT2D eigenvalue weighted by molar-refractivity contribution is -0.122. The summed E-state index contributed by atoms with van der Waals surface area (Å²) in [6.07, 6.45) is 0.594. The number of aliphatic hydroxyl groups excluding tert-OH is 2. The zero-order valence-electron chi connectivity index (χ0n) is 13.0. The smallest absolute Gasteiger partial charge is 0.244 e. The molecule has 0 aromatic heterocycles. The van der Waals surface area contributed by atoms with Gasteiger partial charge in [-0.25, -0.2) is 4.39 Å². The number of rotatable bonds is 6. The normalized spacial score (nSPS) is 19.3. The average molecular weight is 310 g/mol. The minimum Gasteiger partial charge on any atom is -0.396 e. The van der Waals surface area contributed by atoms with Crippen molar-refractivity contribution >= 4 is 11.6 Å². The molecule has 5 nitrogen and oxygen atoms in total. The van der Waals surface area contributed by atoms with Gasteiger partial charge in [-0.05, 0) is 25.6 Å². The zero-order chi connectivity index (χ0) is 16.3. The summed E-state index contributed by atoms with van der Waals surface area (Å²) in [7, 11) is 1.79. The van der Waals surface area contributed by atoms with E-state index in [9.17, 15) is 19.4 Å². The second kappa shape index (κ2) is 6.73. The Hall–Kier alpha value is -1.50. The first-order valence-corrected chi connectivity index (χ1v) is 7.40. The molecule has 2 rings (SSSR count). The first-order chi connectivity index (χ1) is 10.4. The van der Waals surface area contributed by atoms with E-state index in [1.807, 2.05) is 4.90 Å². The quantitative estimate of drug-likeness (QED) is 0.818. The molecule has 1 aromatic rings. The molecule has 0 radical (unpaired) electrons. The lowest BCUT2D eigenvalue weighted by atomic mass is 9.92. The van der Waals surface area contributed by atoms with Crippen LogP contribution < -0.4 is 4.90 Å². The molecule has 1 unspecified atom stereocenters. The minimum atomic E-state index is -0.666. The predicted octanol–water partition coefficient (Wildman–Crippen LogP) is 0.854. The summed E-state index contributed by atoms with van der Waals surface area (Å²) in [6.45, 7) is 2.29. The van der Waals surface area contributed by atoms with Crippen molar-refractivity contribution in [3.05, 3.63) is 30.1 Å². The SMILES string of the molecule is CN(CC(C)(CO)CO)C1CCN(c2ccccc2F)C1=O. The molecule has 0 saturated carbocycles. The van der Waals surface area contributed by atoms with Crippen molar-refractivity contribution in [1.82, 2.24) is 4.90 Å². The average Bonchev–Trinajstić information content (AvgIpc) is 2.89. The fourth-order valence-corrected chi connectivity index (χ4v) is 2.85. The van der Waals surface area contributed by atoms with Crippen LogP contribution in [0.25, 0.3) is 0 Å². The number of likely N-dealkylation sites (N-methyl/N-ethyl adjacent to an activating group) is 1. The molecule has 1 aromatic carbocycles. The van der Waals surface area contributed by atoms with Crippen molar-refractivity contribution in [2.75, 3.05) is 38.3 Å². The number of aliphatic hydroxyl groups is 2. The highest BCUT2D eigenvalue weighted by Gasteiger charge is 2.38. The standard InChI is InChI=1S/C16H23FN2O3/c1-16(10-20,11-21)9-18(2)14-7-8-19(15(14)22)13-6-4-3-5-12(13)17/h3-6,14,20-21H,7-11H2,1-2H3. The number of halogens is 1. The maximum absolute atomic E-state index is 13.8. The third-order valence-corrected chi connectivity index (χ3v) is 4.25. The monoisotopic (exact) mass is 310 g/mol. The van der Waals surface area contributed by atoms with Crippen LogP contribution in [-0.2, 0) is 4.79 Å². The van der Waals surface area contributed by atoms with Crippen LogP contribution in [0.15, 0.2) is 24.3 Å². The topological polar surface area (TPSA) is 64.0 Å². The van der Waals surface area contributed by atoms with Crippen molar-refractivity contribution in [3.8, 4) is 0 Å². The molecule has 6 heteroatoms. The molecule has 1 heterocycles. The Balaban J connectivity index is 2.10. The number of benzene rings is 1. The number of anilines is 1. The van der Waals surface area contributed by atoms with Gasteiger partial charge in [0.05, 0.1) is 24.9 Å². The van der Waals surface area contributed by atoms with Crippen molar-refractivity contribution in [2.45, 2.75) is 19.4 Å². The van der Waals surface area contributed by atoms with Gasteiger partial charge in [-0.3, -0.25) is 9.69 Å². The molecule has 122 valence electrons. The summed E-state index contributed by atoms with van der Waals surface area (Å²) in [4.78, 5) is 15.8. The Kier molecular flexibility index (Phi) is 5.16. The van der Waals surface area contributed by atoms with Gasteiger partial charge in [0.15, 0.2) is 0 Å². The number of para-hydroxylation sites is 1. The summed E-state index contributed by atoms with van der Waals surface area (Å²) < 4.78 is 13.8. The molecule has 22 heavy (non-hydrogen) atoms. The second-order valence-corrected chi connectivity index (χ2v) is 6.29. The first kappa shape index (κ1) is 16.9. The van der Waals surface area contributed by atoms with E-state index in [0.717, 1.165) is 0 Å². The summed E-state index contributed by atoms with van der Waals surface area (Å²) in [5, 5.41) is 18.8. The number of nitrogens with zero attached hydrogens (tertiary/aromatic N) is 2. The van der Waals surface area contributed by atoms with Crippen molar-refractivity contribution in [2.24, 2.45) is 5.41 Å². The molecular weight excluding hydrogens is 287 g/mol. The third-order valence-electron chi connectivity index (χ3n) is 4.25. The van der Waals surface area contributed by atoms with Crippen LogP contribution >= 0.6 is 0 Å². The van der Waals surface area contributed by atoms with E-state index in [1.165, 1.54) is 11.0 Å². The number of amides is 1. The fraction of sp³-hybridized carbons (Fsp3) is 0.562. The Morgan fingerprint density at radius 3 is 2.59 bits per heavy atom. The molecule has 2 N–H and O–H groups in total. The Bertz CT molecular complexity index is 534. The van der Waals surface area contributed by atoms with E-state index in [4.69, 9.17) is 0 Å². The number of carbonyl (C=O) groups excluding carboxylic acids is 1. The summed E-state index contributed by atoms with van der Waals surface area (Å²) in [6, 6.07) is 5.88. The molecule has 1 amide bonds. The Labute approximate surface area is 130 Å². The molecule has 0 aliphatic carbocycles. The highest BCUT2D eigenvalue weighted by molar-refractivity contribution is 5.99. The molecule has 0 bridgehead atoms. The number of hydrogen-bond acceptors (Lipinski definition) is 4. The zero-order valence-corrected chi connectivity index (χ0v) is 13.0. The lowest BCUT2D eigenvalue weighted by Crippen LogP contribution is -2.46. The molecule has 1 saturated heterocycles. The lowest BCUT2D eigenvalue weighted by Gasteiger charge is -2.33. The summed E-state index contributed by atoms with van der Waals surface area (Å²) in [5.41, 5.74) is -0.365. The van der Waals surface area contributed by atoms with Gasteiger partial charge in [0.2, 0.25) is 5.91 Å². The fourth-order valence-electron chi connectivity index (χ4n) is 2.85. The van der Waals surface area contributed by atoms with E-state index in [0.29, 0.717) is 25.2 Å². The van der Waals surface area contributed by atoms with Crippen LogP contribution in [0.2, 0.25) is 0 Å². The van der Waals surface area contributed by atoms with Gasteiger partial charge in [0, 0.05) is 18.5 Å². The van der Waals surface area contributed by atoms with E-state index in [2.05, 4.69) is 0 Å². The molecule has 1 aliphatic rings. The maximum atomic E-state index is 13.8. The first-order valence-electron chi connectivity index (χ1n) is 7.40. The van der Waals surface area contributed by atoms with Gasteiger partial charge in [0.25, 0.3) is 0 Å². The van der Waals surface area contributed by atoms with E-state index in [1.54, 1.807) is 32.2 Å². The minimum absolute atomic E-state index is 0.147. The van der Waals surface area contributed by atoms with Crippen LogP contribution in [0, 0.1) is 11.2 Å². The summed E-state index contributed by atoms with van der Waals surface area (Å²) >= 11 is 0. The second-order valence-electron chi connectivity index (χ2n) is 6.29. The van der Waals surface area contributed by atoms with Gasteiger partial charge >= 0.3 is 0 Å². The van der Waals surface area contributed by atoms with Gasteiger partial charge in [-0.15, -0.1) is 0 Å². The highest BCUT2D eigenvalue weighted by Crippen LogP contribution is 2.27. The summed E-state index contributed by atoms with van der Waals surface area (Å²) in [5.74, 6) is -0.555. The van der Waals surface area contributed by atoms with Gasteiger partial charge in [-0.2, -0.15) is 0 Å². The van der Waals surface area contributed by atoms with E-state index >= 15 is 0 Å². The van der Waals surface area contributed by atoms with Crippen LogP contribution in [0.4, 0.5) is 10.1 Å². The Morgan fingerprint density at radius 2 is 2.00 bits per heavy atom. The van der Waals surface area contributed by atoms with Crippen molar-refractivity contribution in [1.29, 1.82) is 0 Å². The maximum Gasteiger partial charge on any atom is 0.244 e. The molecular formula is C16H23FN2O3. The molecule has 1 fully saturated rings. The van der Waals surface area contributed by atoms with Crippen LogP contribution in [0.1, 0.15) is 13.3 Å². The van der Waals surface area contributed by atoms with Gasteiger partial charge in [-0.1, -0.05) is 19.1 Å². The van der Waals surface area contributed by atoms with Crippen LogP contribution in [-0.4, -0.2) is 60.4 Å². The highest BCUT2D eigenvalue weighted by atomic mass is 19.1. The van der Waals surface area contributed by atoms with Crippen LogP contribution in [0.5, 0.6) is 0 Å². The number of carbonyl (C=O) groups is 1. The van der Waals surface area contributed by atoms with Crippen molar-refractivity contribution < 1.29 is 19.4 Å². The number of hydrogen-bond donors (Lipinski definition) is 2. The van der Waals surface area contributed by atoms with Crippen LogP contribution in [0.3, 0.4) is 0 Å².